The molecule has 0 atom stereocenters. The maximum absolute atomic E-state index is 5.87. The molecule has 0 radical (unpaired) electrons. The monoisotopic (exact) mass is 271 g/mol. The van der Waals surface area contributed by atoms with E-state index in [0.717, 1.165) is 35.9 Å². The highest BCUT2D eigenvalue weighted by atomic mass is 32.2. The molecular weight excluding hydrogens is 256 g/mol. The van der Waals surface area contributed by atoms with E-state index in [9.17, 15) is 0 Å². The summed E-state index contributed by atoms with van der Waals surface area (Å²) in [5.74, 6) is 2.31. The molecule has 1 saturated heterocycles. The van der Waals surface area contributed by atoms with Crippen molar-refractivity contribution >= 4 is 32.8 Å². The Hall–Kier alpha value is -1.45. The molecule has 0 spiro atoms. The average molecular weight is 271 g/mol. The Morgan fingerprint density at radius 1 is 0.842 bits per heavy atom. The van der Waals surface area contributed by atoms with Crippen LogP contribution in [0.1, 0.15) is 0 Å². The minimum absolute atomic E-state index is 0.342. The Morgan fingerprint density at radius 3 is 2.53 bits per heavy atom. The largest absolute Gasteiger partial charge is 0.456 e. The quantitative estimate of drug-likeness (QED) is 0.631. The van der Waals surface area contributed by atoms with Crippen molar-refractivity contribution in [3.63, 3.8) is 0 Å². The zero-order valence-electron chi connectivity index (χ0n) is 10.6. The maximum Gasteiger partial charge on any atom is 0.155 e. The molecule has 0 aliphatic carbocycles. The van der Waals surface area contributed by atoms with E-state index < -0.39 is 0 Å². The number of hydrogen-bond acceptors (Lipinski definition) is 2. The van der Waals surface area contributed by atoms with Gasteiger partial charge in [-0.15, -0.1) is 0 Å². The highest BCUT2D eigenvalue weighted by molar-refractivity contribution is 7.97. The van der Waals surface area contributed by atoms with Crippen molar-refractivity contribution in [2.24, 2.45) is 0 Å². The minimum Gasteiger partial charge on any atom is -0.456 e. The van der Waals surface area contributed by atoms with Gasteiger partial charge in [-0.05, 0) is 18.2 Å². The predicted molar refractivity (Wildman–Crippen MR) is 79.9 cm³/mol. The van der Waals surface area contributed by atoms with E-state index in [4.69, 9.17) is 9.15 Å². The van der Waals surface area contributed by atoms with Crippen molar-refractivity contribution < 1.29 is 9.15 Å². The fourth-order valence-corrected chi connectivity index (χ4v) is 4.50. The van der Waals surface area contributed by atoms with Gasteiger partial charge in [0.25, 0.3) is 0 Å². The molecule has 96 valence electrons. The fraction of sp³-hybridized carbons (Fsp3) is 0.250. The van der Waals surface area contributed by atoms with E-state index in [-0.39, 0.29) is 0 Å². The van der Waals surface area contributed by atoms with Crippen molar-refractivity contribution in [3.8, 4) is 0 Å². The van der Waals surface area contributed by atoms with Crippen molar-refractivity contribution in [2.75, 3.05) is 24.7 Å². The van der Waals surface area contributed by atoms with Crippen LogP contribution >= 0.6 is 0 Å². The molecule has 4 rings (SSSR count). The van der Waals surface area contributed by atoms with Crippen LogP contribution in [0.25, 0.3) is 21.9 Å². The summed E-state index contributed by atoms with van der Waals surface area (Å²) in [6.45, 7) is 1.79. The zero-order valence-corrected chi connectivity index (χ0v) is 11.4. The van der Waals surface area contributed by atoms with Crippen molar-refractivity contribution in [3.05, 3.63) is 42.5 Å². The number of furan rings is 1. The lowest BCUT2D eigenvalue weighted by molar-refractivity contribution is 0.159. The van der Waals surface area contributed by atoms with Crippen LogP contribution in [0.3, 0.4) is 0 Å². The average Bonchev–Trinajstić information content (AvgIpc) is 2.86. The Morgan fingerprint density at radius 2 is 1.63 bits per heavy atom. The highest BCUT2D eigenvalue weighted by Crippen LogP contribution is 2.31. The molecule has 0 amide bonds. The second-order valence-corrected chi connectivity index (χ2v) is 7.04. The van der Waals surface area contributed by atoms with Crippen LogP contribution in [-0.2, 0) is 15.6 Å². The summed E-state index contributed by atoms with van der Waals surface area (Å²) in [6, 6.07) is 14.9. The molecule has 1 fully saturated rings. The van der Waals surface area contributed by atoms with Crippen LogP contribution in [0.15, 0.2) is 51.8 Å². The van der Waals surface area contributed by atoms with Crippen LogP contribution in [0, 0.1) is 0 Å². The van der Waals surface area contributed by atoms with Crippen molar-refractivity contribution in [2.45, 2.75) is 4.90 Å². The SMILES string of the molecule is c1ccc2c(c1)oc1ccc([S+]3CCOCC3)cc12. The van der Waals surface area contributed by atoms with E-state index in [0.29, 0.717) is 10.9 Å². The first-order chi connectivity index (χ1) is 9.42. The molecule has 1 aromatic heterocycles. The van der Waals surface area contributed by atoms with Gasteiger partial charge in [0.05, 0.1) is 13.2 Å². The maximum atomic E-state index is 5.87. The van der Waals surface area contributed by atoms with Gasteiger partial charge in [0, 0.05) is 27.7 Å². The molecule has 0 bridgehead atoms. The van der Waals surface area contributed by atoms with E-state index in [1.807, 2.05) is 12.1 Å². The van der Waals surface area contributed by atoms with Gasteiger partial charge in [0.2, 0.25) is 0 Å². The smallest absolute Gasteiger partial charge is 0.155 e. The first kappa shape index (κ1) is 11.4. The van der Waals surface area contributed by atoms with Gasteiger partial charge < -0.3 is 9.15 Å². The van der Waals surface area contributed by atoms with Gasteiger partial charge in [0.1, 0.15) is 22.7 Å². The van der Waals surface area contributed by atoms with Gasteiger partial charge in [-0.25, -0.2) is 0 Å². The van der Waals surface area contributed by atoms with E-state index in [1.54, 1.807) is 0 Å². The summed E-state index contributed by atoms with van der Waals surface area (Å²) in [7, 11) is 0.342. The number of para-hydroxylation sites is 1. The molecule has 0 saturated carbocycles. The summed E-state index contributed by atoms with van der Waals surface area (Å²) in [5.41, 5.74) is 1.96. The van der Waals surface area contributed by atoms with E-state index >= 15 is 0 Å². The van der Waals surface area contributed by atoms with Crippen LogP contribution in [0.5, 0.6) is 0 Å². The van der Waals surface area contributed by atoms with E-state index in [2.05, 4.69) is 30.3 Å². The predicted octanol–water partition coefficient (Wildman–Crippen LogP) is 3.59. The number of hydrogen-bond donors (Lipinski definition) is 0. The lowest BCUT2D eigenvalue weighted by Gasteiger charge is -2.13. The minimum atomic E-state index is 0.342. The lowest BCUT2D eigenvalue weighted by Crippen LogP contribution is -2.26. The Balaban J connectivity index is 1.87. The second-order valence-electron chi connectivity index (χ2n) is 4.77. The van der Waals surface area contributed by atoms with Gasteiger partial charge >= 0.3 is 0 Å². The van der Waals surface area contributed by atoms with Gasteiger partial charge in [-0.3, -0.25) is 0 Å². The molecule has 1 aliphatic heterocycles. The molecular formula is C16H15O2S+. The fourth-order valence-electron chi connectivity index (χ4n) is 2.64. The summed E-state index contributed by atoms with van der Waals surface area (Å²) in [6.07, 6.45) is 0. The number of benzene rings is 2. The first-order valence-electron chi connectivity index (χ1n) is 6.58. The number of rotatable bonds is 1. The van der Waals surface area contributed by atoms with Crippen LogP contribution in [0.2, 0.25) is 0 Å². The third kappa shape index (κ3) is 1.94. The molecule has 2 nitrogen and oxygen atoms in total. The van der Waals surface area contributed by atoms with E-state index in [1.165, 1.54) is 15.7 Å². The van der Waals surface area contributed by atoms with Crippen molar-refractivity contribution in [1.29, 1.82) is 0 Å². The first-order valence-corrected chi connectivity index (χ1v) is 8.15. The molecule has 0 unspecified atom stereocenters. The summed E-state index contributed by atoms with van der Waals surface area (Å²) in [4.78, 5) is 1.45. The van der Waals surface area contributed by atoms with Crippen LogP contribution in [-0.4, -0.2) is 24.7 Å². The second kappa shape index (κ2) is 4.58. The third-order valence-corrected chi connectivity index (χ3v) is 5.87. The molecule has 0 N–H and O–H groups in total. The molecule has 3 aromatic rings. The molecule has 2 aromatic carbocycles. The molecule has 1 aliphatic rings. The van der Waals surface area contributed by atoms with Gasteiger partial charge in [-0.2, -0.15) is 0 Å². The Kier molecular flexibility index (Phi) is 2.75. The van der Waals surface area contributed by atoms with Crippen molar-refractivity contribution in [1.82, 2.24) is 0 Å². The van der Waals surface area contributed by atoms with Crippen LogP contribution < -0.4 is 0 Å². The lowest BCUT2D eigenvalue weighted by atomic mass is 10.1. The normalized spacial score (nSPS) is 17.3. The Labute approximate surface area is 114 Å². The number of fused-ring (bicyclic) bond motifs is 3. The third-order valence-electron chi connectivity index (χ3n) is 3.63. The van der Waals surface area contributed by atoms with Crippen LogP contribution in [0.4, 0.5) is 0 Å². The highest BCUT2D eigenvalue weighted by Gasteiger charge is 2.25. The van der Waals surface area contributed by atoms with Gasteiger partial charge in [0.15, 0.2) is 4.90 Å². The topological polar surface area (TPSA) is 22.4 Å². The summed E-state index contributed by atoms with van der Waals surface area (Å²) < 4.78 is 11.3. The summed E-state index contributed by atoms with van der Waals surface area (Å²) >= 11 is 0. The molecule has 2 heterocycles. The number of ether oxygens (including phenoxy) is 1. The molecule has 3 heteroatoms. The van der Waals surface area contributed by atoms with Gasteiger partial charge in [-0.1, -0.05) is 18.2 Å². The molecule has 19 heavy (non-hydrogen) atoms. The summed E-state index contributed by atoms with van der Waals surface area (Å²) in [5, 5.41) is 2.46. The standard InChI is InChI=1S/C16H15O2S/c1-2-4-15-13(3-1)14-11-12(5-6-16(14)18-15)19-9-7-17-8-10-19/h1-6,11H,7-10H2/q+1. The Bertz CT molecular complexity index is 726. The zero-order chi connectivity index (χ0) is 12.7.